The van der Waals surface area contributed by atoms with Gasteiger partial charge in [0.2, 0.25) is 0 Å². The van der Waals surface area contributed by atoms with Crippen molar-refractivity contribution in [3.05, 3.63) is 29.3 Å². The van der Waals surface area contributed by atoms with Gasteiger partial charge in [0.1, 0.15) is 0 Å². The van der Waals surface area contributed by atoms with Crippen LogP contribution in [0.3, 0.4) is 0 Å². The number of anilines is 1. The second kappa shape index (κ2) is 6.72. The van der Waals surface area contributed by atoms with Gasteiger partial charge in [0.25, 0.3) is 0 Å². The Hall–Kier alpha value is -1.59. The molecule has 0 saturated heterocycles. The highest BCUT2D eigenvalue weighted by Gasteiger charge is 2.23. The summed E-state index contributed by atoms with van der Waals surface area (Å²) in [6.45, 7) is 4.08. The zero-order valence-corrected chi connectivity index (χ0v) is 11.7. The lowest BCUT2D eigenvalue weighted by atomic mass is 9.96. The number of carbonyl (C=O) groups is 1. The Kier molecular flexibility index (Phi) is 4.98. The normalized spacial score (nSPS) is 15.8. The number of aliphatic hydroxyl groups is 1. The van der Waals surface area contributed by atoms with Gasteiger partial charge < -0.3 is 19.8 Å². The second-order valence-electron chi connectivity index (χ2n) is 4.97. The lowest BCUT2D eigenvalue weighted by Crippen LogP contribution is -2.38. The van der Waals surface area contributed by atoms with Gasteiger partial charge in [-0.05, 0) is 37.5 Å². The number of nitrogens with zero attached hydrogens (tertiary/aromatic N) is 1. The number of aliphatic hydroxyl groups excluding tert-OH is 1. The number of ether oxygens (including phenoxy) is 1. The summed E-state index contributed by atoms with van der Waals surface area (Å²) in [5, 5.41) is 19.2. The molecule has 0 aliphatic carbocycles. The molecular weight excluding hydrogens is 258 g/mol. The van der Waals surface area contributed by atoms with Crippen molar-refractivity contribution in [1.82, 2.24) is 0 Å². The summed E-state index contributed by atoms with van der Waals surface area (Å²) in [7, 11) is 0. The third-order valence-corrected chi connectivity index (χ3v) is 3.52. The number of hydrogen-bond donors (Lipinski definition) is 2. The van der Waals surface area contributed by atoms with E-state index in [1.807, 2.05) is 13.0 Å². The van der Waals surface area contributed by atoms with Gasteiger partial charge in [0.15, 0.2) is 0 Å². The van der Waals surface area contributed by atoms with E-state index < -0.39 is 12.1 Å². The highest BCUT2D eigenvalue weighted by atomic mass is 16.5. The quantitative estimate of drug-likeness (QED) is 0.826. The Labute approximate surface area is 118 Å². The number of carboxylic acids is 1. The Morgan fingerprint density at radius 1 is 1.50 bits per heavy atom. The SMILES string of the molecule is CCOCC(O)CN1CCCc2c(C(=O)O)cccc21. The number of benzene rings is 1. The lowest BCUT2D eigenvalue weighted by molar-refractivity contribution is 0.0462. The number of rotatable bonds is 6. The van der Waals surface area contributed by atoms with E-state index in [2.05, 4.69) is 4.90 Å². The number of fused-ring (bicyclic) bond motifs is 1. The van der Waals surface area contributed by atoms with E-state index in [-0.39, 0.29) is 0 Å². The fourth-order valence-corrected chi connectivity index (χ4v) is 2.65. The topological polar surface area (TPSA) is 70.0 Å². The van der Waals surface area contributed by atoms with Crippen LogP contribution in [0.15, 0.2) is 18.2 Å². The first kappa shape index (κ1) is 14.8. The number of aromatic carboxylic acids is 1. The molecule has 5 nitrogen and oxygen atoms in total. The van der Waals surface area contributed by atoms with Crippen molar-refractivity contribution in [1.29, 1.82) is 0 Å². The Morgan fingerprint density at radius 2 is 2.30 bits per heavy atom. The molecule has 5 heteroatoms. The zero-order valence-electron chi connectivity index (χ0n) is 11.7. The van der Waals surface area contributed by atoms with Crippen LogP contribution in [0.25, 0.3) is 0 Å². The van der Waals surface area contributed by atoms with Crippen molar-refractivity contribution in [3.8, 4) is 0 Å². The molecule has 2 rings (SSSR count). The van der Waals surface area contributed by atoms with Crippen LogP contribution in [-0.2, 0) is 11.2 Å². The Morgan fingerprint density at radius 3 is 3.00 bits per heavy atom. The largest absolute Gasteiger partial charge is 0.478 e. The summed E-state index contributed by atoms with van der Waals surface area (Å²) < 4.78 is 5.22. The van der Waals surface area contributed by atoms with E-state index in [9.17, 15) is 15.0 Å². The van der Waals surface area contributed by atoms with E-state index in [0.717, 1.165) is 30.6 Å². The molecule has 1 aromatic rings. The standard InChI is InChI=1S/C15H21NO4/c1-2-20-10-11(17)9-16-8-4-6-12-13(15(18)19)5-3-7-14(12)16/h3,5,7,11,17H,2,4,6,8-10H2,1H3,(H,18,19). The van der Waals surface area contributed by atoms with Crippen LogP contribution >= 0.6 is 0 Å². The van der Waals surface area contributed by atoms with Gasteiger partial charge in [-0.1, -0.05) is 6.07 Å². The average molecular weight is 279 g/mol. The first-order valence-electron chi connectivity index (χ1n) is 6.99. The van der Waals surface area contributed by atoms with E-state index in [1.54, 1.807) is 12.1 Å². The highest BCUT2D eigenvalue weighted by Crippen LogP contribution is 2.30. The van der Waals surface area contributed by atoms with Crippen LogP contribution in [0.4, 0.5) is 5.69 Å². The van der Waals surface area contributed by atoms with Crippen molar-refractivity contribution < 1.29 is 19.7 Å². The van der Waals surface area contributed by atoms with E-state index >= 15 is 0 Å². The first-order valence-corrected chi connectivity index (χ1v) is 6.99. The minimum absolute atomic E-state index is 0.307. The molecule has 0 spiro atoms. The molecule has 1 aromatic carbocycles. The summed E-state index contributed by atoms with van der Waals surface area (Å²) in [4.78, 5) is 13.3. The van der Waals surface area contributed by atoms with Crippen molar-refractivity contribution in [3.63, 3.8) is 0 Å². The molecule has 2 N–H and O–H groups in total. The van der Waals surface area contributed by atoms with Crippen molar-refractivity contribution in [2.24, 2.45) is 0 Å². The molecule has 0 aromatic heterocycles. The summed E-state index contributed by atoms with van der Waals surface area (Å²) in [5.41, 5.74) is 2.16. The van der Waals surface area contributed by atoms with Crippen molar-refractivity contribution in [2.45, 2.75) is 25.9 Å². The summed E-state index contributed by atoms with van der Waals surface area (Å²) in [6.07, 6.45) is 1.11. The molecule has 0 amide bonds. The molecule has 20 heavy (non-hydrogen) atoms. The maximum absolute atomic E-state index is 11.3. The third kappa shape index (κ3) is 3.29. The molecule has 1 unspecified atom stereocenters. The Bertz CT molecular complexity index is 475. The monoisotopic (exact) mass is 279 g/mol. The second-order valence-corrected chi connectivity index (χ2v) is 4.97. The minimum atomic E-state index is -0.890. The van der Waals surface area contributed by atoms with Gasteiger partial charge >= 0.3 is 5.97 Å². The van der Waals surface area contributed by atoms with Crippen LogP contribution in [0.5, 0.6) is 0 Å². The average Bonchev–Trinajstić information content (AvgIpc) is 2.44. The zero-order chi connectivity index (χ0) is 14.5. The number of carboxylic acid groups (broad SMARTS) is 1. The maximum Gasteiger partial charge on any atom is 0.336 e. The summed E-state index contributed by atoms with van der Waals surface area (Å²) >= 11 is 0. The van der Waals surface area contributed by atoms with Gasteiger partial charge in [-0.15, -0.1) is 0 Å². The molecule has 0 saturated carbocycles. The molecule has 1 aliphatic heterocycles. The van der Waals surface area contributed by atoms with E-state index in [4.69, 9.17) is 4.74 Å². The highest BCUT2D eigenvalue weighted by molar-refractivity contribution is 5.91. The van der Waals surface area contributed by atoms with E-state index in [1.165, 1.54) is 0 Å². The van der Waals surface area contributed by atoms with E-state index in [0.29, 0.717) is 25.3 Å². The first-order chi connectivity index (χ1) is 9.63. The lowest BCUT2D eigenvalue weighted by Gasteiger charge is -2.33. The molecule has 1 atom stereocenters. The van der Waals surface area contributed by atoms with Gasteiger partial charge in [-0.2, -0.15) is 0 Å². The van der Waals surface area contributed by atoms with Crippen LogP contribution in [-0.4, -0.2) is 48.6 Å². The summed E-state index contributed by atoms with van der Waals surface area (Å²) in [5.74, 6) is -0.890. The summed E-state index contributed by atoms with van der Waals surface area (Å²) in [6, 6.07) is 5.32. The molecule has 110 valence electrons. The fourth-order valence-electron chi connectivity index (χ4n) is 2.65. The molecule has 1 aliphatic rings. The third-order valence-electron chi connectivity index (χ3n) is 3.52. The molecule has 1 heterocycles. The number of hydrogen-bond acceptors (Lipinski definition) is 4. The molecule has 0 fully saturated rings. The Balaban J connectivity index is 2.16. The molecule has 0 radical (unpaired) electrons. The van der Waals surface area contributed by atoms with Crippen molar-refractivity contribution in [2.75, 3.05) is 31.2 Å². The predicted molar refractivity (Wildman–Crippen MR) is 76.4 cm³/mol. The number of β-amino-alcohol motifs (C(OH)–C–C–N with tert-alkyl or cyclic N) is 1. The van der Waals surface area contributed by atoms with Crippen molar-refractivity contribution >= 4 is 11.7 Å². The van der Waals surface area contributed by atoms with Gasteiger partial charge in [0.05, 0.1) is 18.3 Å². The van der Waals surface area contributed by atoms with Crippen LogP contribution in [0, 0.1) is 0 Å². The predicted octanol–water partition coefficient (Wildman–Crippen LogP) is 1.53. The van der Waals surface area contributed by atoms with Gasteiger partial charge in [-0.3, -0.25) is 0 Å². The van der Waals surface area contributed by atoms with Gasteiger partial charge in [-0.25, -0.2) is 4.79 Å². The fraction of sp³-hybridized carbons (Fsp3) is 0.533. The molecular formula is C15H21NO4. The smallest absolute Gasteiger partial charge is 0.336 e. The molecule has 0 bridgehead atoms. The van der Waals surface area contributed by atoms with Crippen LogP contribution < -0.4 is 4.90 Å². The van der Waals surface area contributed by atoms with Crippen LogP contribution in [0.1, 0.15) is 29.3 Å². The maximum atomic E-state index is 11.3. The minimum Gasteiger partial charge on any atom is -0.478 e. The van der Waals surface area contributed by atoms with Crippen LogP contribution in [0.2, 0.25) is 0 Å². The van der Waals surface area contributed by atoms with Gasteiger partial charge in [0, 0.05) is 25.4 Å².